The molecule has 3 rings (SSSR count). The van der Waals surface area contributed by atoms with Gasteiger partial charge in [-0.2, -0.15) is 0 Å². The Hall–Kier alpha value is -1.76. The summed E-state index contributed by atoms with van der Waals surface area (Å²) in [6.45, 7) is 4.30. The maximum atomic E-state index is 12.4. The highest BCUT2D eigenvalue weighted by atomic mass is 32.1. The van der Waals surface area contributed by atoms with E-state index in [2.05, 4.69) is 5.32 Å². The number of carbonyl (C=O) groups is 2. The van der Waals surface area contributed by atoms with Gasteiger partial charge >= 0.3 is 6.03 Å². The van der Waals surface area contributed by atoms with Crippen LogP contribution >= 0.6 is 11.3 Å². The molecule has 3 heterocycles. The molecule has 1 aromatic rings. The number of hydrogen-bond donors (Lipinski definition) is 2. The molecule has 0 saturated carbocycles. The number of thiophene rings is 1. The molecule has 6 nitrogen and oxygen atoms in total. The van der Waals surface area contributed by atoms with E-state index in [0.29, 0.717) is 36.7 Å². The lowest BCUT2D eigenvalue weighted by molar-refractivity contribution is 0.0621. The summed E-state index contributed by atoms with van der Waals surface area (Å²) >= 11 is 1.43. The Balaban J connectivity index is 1.73. The van der Waals surface area contributed by atoms with E-state index in [1.165, 1.54) is 11.3 Å². The van der Waals surface area contributed by atoms with Crippen LogP contribution < -0.4 is 11.1 Å². The summed E-state index contributed by atoms with van der Waals surface area (Å²) in [6.07, 6.45) is 0. The van der Waals surface area contributed by atoms with E-state index in [0.717, 1.165) is 4.88 Å². The lowest BCUT2D eigenvalue weighted by atomic mass is 10.2. The Morgan fingerprint density at radius 1 is 1.53 bits per heavy atom. The van der Waals surface area contributed by atoms with Gasteiger partial charge in [0.05, 0.1) is 10.9 Å². The minimum atomic E-state index is -0.0201. The Morgan fingerprint density at radius 2 is 2.32 bits per heavy atom. The second-order valence-electron chi connectivity index (χ2n) is 4.91. The van der Waals surface area contributed by atoms with Gasteiger partial charge in [0.2, 0.25) is 0 Å². The van der Waals surface area contributed by atoms with Gasteiger partial charge in [0.25, 0.3) is 5.91 Å². The lowest BCUT2D eigenvalue weighted by Gasteiger charge is -2.36. The molecule has 0 aliphatic carbocycles. The van der Waals surface area contributed by atoms with E-state index in [9.17, 15) is 9.59 Å². The van der Waals surface area contributed by atoms with Crippen LogP contribution in [0.3, 0.4) is 0 Å². The summed E-state index contributed by atoms with van der Waals surface area (Å²) in [5.74, 6) is 0.0174. The molecule has 0 bridgehead atoms. The Labute approximate surface area is 115 Å². The molecule has 1 aromatic heterocycles. The van der Waals surface area contributed by atoms with Gasteiger partial charge < -0.3 is 20.9 Å². The van der Waals surface area contributed by atoms with E-state index < -0.39 is 0 Å². The maximum absolute atomic E-state index is 12.4. The highest BCUT2D eigenvalue weighted by molar-refractivity contribution is 7.14. The number of piperazine rings is 1. The predicted octanol–water partition coefficient (Wildman–Crippen LogP) is 0.488. The Bertz CT molecular complexity index is 522. The zero-order valence-electron chi connectivity index (χ0n) is 10.7. The molecule has 19 heavy (non-hydrogen) atoms. The lowest BCUT2D eigenvalue weighted by Crippen LogP contribution is -2.53. The summed E-state index contributed by atoms with van der Waals surface area (Å²) in [4.78, 5) is 29.2. The van der Waals surface area contributed by atoms with Gasteiger partial charge in [-0.05, 0) is 13.0 Å². The van der Waals surface area contributed by atoms with Crippen molar-refractivity contribution in [2.75, 3.05) is 31.9 Å². The van der Waals surface area contributed by atoms with E-state index >= 15 is 0 Å². The minimum absolute atomic E-state index is 0.0174. The number of nitrogens with one attached hydrogen (secondary N) is 1. The zero-order valence-corrected chi connectivity index (χ0v) is 11.5. The first-order valence-corrected chi connectivity index (χ1v) is 7.07. The van der Waals surface area contributed by atoms with Gasteiger partial charge in [-0.1, -0.05) is 0 Å². The number of fused-ring (bicyclic) bond motifs is 1. The van der Waals surface area contributed by atoms with Crippen molar-refractivity contribution < 1.29 is 9.59 Å². The fourth-order valence-electron chi connectivity index (χ4n) is 2.55. The molecule has 0 spiro atoms. The average molecular weight is 280 g/mol. The third-order valence-electron chi connectivity index (χ3n) is 3.69. The number of carbonyl (C=O) groups excluding carboxylic acids is 2. The van der Waals surface area contributed by atoms with Crippen molar-refractivity contribution in [2.24, 2.45) is 0 Å². The summed E-state index contributed by atoms with van der Waals surface area (Å²) in [7, 11) is 0. The van der Waals surface area contributed by atoms with Gasteiger partial charge in [-0.25, -0.2) is 4.79 Å². The molecule has 3 N–H and O–H groups in total. The molecule has 2 aliphatic rings. The first kappa shape index (κ1) is 12.3. The van der Waals surface area contributed by atoms with Crippen molar-refractivity contribution >= 4 is 29.0 Å². The summed E-state index contributed by atoms with van der Waals surface area (Å²) in [5, 5.41) is 2.81. The molecule has 1 unspecified atom stereocenters. The van der Waals surface area contributed by atoms with E-state index in [-0.39, 0.29) is 18.0 Å². The maximum Gasteiger partial charge on any atom is 0.317 e. The van der Waals surface area contributed by atoms with Crippen molar-refractivity contribution in [1.29, 1.82) is 0 Å². The first-order chi connectivity index (χ1) is 9.06. The van der Waals surface area contributed by atoms with Crippen molar-refractivity contribution in [2.45, 2.75) is 13.0 Å². The summed E-state index contributed by atoms with van der Waals surface area (Å²) < 4.78 is 0. The molecule has 2 aliphatic heterocycles. The molecule has 3 amide bonds. The number of nitrogen functional groups attached to an aromatic ring is 1. The van der Waals surface area contributed by atoms with Crippen LogP contribution in [0, 0.1) is 6.92 Å². The molecule has 7 heteroatoms. The monoisotopic (exact) mass is 280 g/mol. The van der Waals surface area contributed by atoms with Crippen molar-refractivity contribution in [3.8, 4) is 0 Å². The Morgan fingerprint density at radius 3 is 3.00 bits per heavy atom. The van der Waals surface area contributed by atoms with Crippen molar-refractivity contribution in [1.82, 2.24) is 15.1 Å². The smallest absolute Gasteiger partial charge is 0.317 e. The van der Waals surface area contributed by atoms with Crippen LogP contribution in [0.5, 0.6) is 0 Å². The molecule has 1 atom stereocenters. The van der Waals surface area contributed by atoms with Crippen LogP contribution in [0.4, 0.5) is 10.5 Å². The fraction of sp³-hybridized carbons (Fsp3) is 0.500. The average Bonchev–Trinajstić information content (AvgIpc) is 2.93. The minimum Gasteiger partial charge on any atom is -0.398 e. The van der Waals surface area contributed by atoms with Crippen LogP contribution in [-0.4, -0.2) is 54.0 Å². The first-order valence-electron chi connectivity index (χ1n) is 6.26. The molecule has 0 aromatic carbocycles. The van der Waals surface area contributed by atoms with Gasteiger partial charge in [-0.15, -0.1) is 11.3 Å². The van der Waals surface area contributed by atoms with Crippen molar-refractivity contribution in [3.05, 3.63) is 15.8 Å². The summed E-state index contributed by atoms with van der Waals surface area (Å²) in [6, 6.07) is 1.82. The van der Waals surface area contributed by atoms with Gasteiger partial charge in [-0.3, -0.25) is 4.79 Å². The SMILES string of the molecule is Cc1sc(C(=O)N2CCN3C(=O)NCC3C2)cc1N. The topological polar surface area (TPSA) is 78.7 Å². The van der Waals surface area contributed by atoms with E-state index in [4.69, 9.17) is 5.73 Å². The Kier molecular flexibility index (Phi) is 2.85. The third kappa shape index (κ3) is 2.03. The molecular formula is C12H16N4O2S. The number of amides is 3. The highest BCUT2D eigenvalue weighted by Crippen LogP contribution is 2.25. The second kappa shape index (κ2) is 4.41. The van der Waals surface area contributed by atoms with Crippen LogP contribution in [0.15, 0.2) is 6.07 Å². The summed E-state index contributed by atoms with van der Waals surface area (Å²) in [5.41, 5.74) is 6.46. The van der Waals surface area contributed by atoms with E-state index in [1.54, 1.807) is 11.0 Å². The number of hydrogen-bond acceptors (Lipinski definition) is 4. The predicted molar refractivity (Wildman–Crippen MR) is 73.3 cm³/mol. The van der Waals surface area contributed by atoms with E-state index in [1.807, 2.05) is 11.8 Å². The number of anilines is 1. The normalized spacial score (nSPS) is 22.4. The number of aryl methyl sites for hydroxylation is 1. The van der Waals surface area contributed by atoms with Gasteiger partial charge in [0, 0.05) is 36.7 Å². The second-order valence-corrected chi connectivity index (χ2v) is 6.16. The molecular weight excluding hydrogens is 264 g/mol. The fourth-order valence-corrected chi connectivity index (χ4v) is 3.45. The molecule has 2 saturated heterocycles. The zero-order chi connectivity index (χ0) is 13.6. The van der Waals surface area contributed by atoms with Crippen LogP contribution in [0.2, 0.25) is 0 Å². The number of urea groups is 1. The van der Waals surface area contributed by atoms with Crippen LogP contribution in [0.1, 0.15) is 14.5 Å². The van der Waals surface area contributed by atoms with Crippen molar-refractivity contribution in [3.63, 3.8) is 0 Å². The number of nitrogens with two attached hydrogens (primary N) is 1. The highest BCUT2D eigenvalue weighted by Gasteiger charge is 2.37. The largest absolute Gasteiger partial charge is 0.398 e. The quantitative estimate of drug-likeness (QED) is 0.785. The molecule has 102 valence electrons. The third-order valence-corrected chi connectivity index (χ3v) is 4.74. The molecule has 0 radical (unpaired) electrons. The number of nitrogens with zero attached hydrogens (tertiary/aromatic N) is 2. The molecule has 2 fully saturated rings. The number of rotatable bonds is 1. The van der Waals surface area contributed by atoms with Gasteiger partial charge in [0.15, 0.2) is 0 Å². The van der Waals surface area contributed by atoms with Gasteiger partial charge in [0.1, 0.15) is 0 Å². The van der Waals surface area contributed by atoms with Crippen LogP contribution in [-0.2, 0) is 0 Å². The standard InChI is InChI=1S/C12H16N4O2S/c1-7-9(13)4-10(19-7)11(17)15-2-3-16-8(6-15)5-14-12(16)18/h4,8H,2-3,5-6,13H2,1H3,(H,14,18). The van der Waals surface area contributed by atoms with Crippen LogP contribution in [0.25, 0.3) is 0 Å².